The second-order valence-corrected chi connectivity index (χ2v) is 12.2. The van der Waals surface area contributed by atoms with Gasteiger partial charge in [0.15, 0.2) is 0 Å². The average Bonchev–Trinajstić information content (AvgIpc) is 3.12. The predicted octanol–water partition coefficient (Wildman–Crippen LogP) is 2.56. The number of carbonyl (C=O) groups is 2. The highest BCUT2D eigenvalue weighted by atomic mass is 16.4. The summed E-state index contributed by atoms with van der Waals surface area (Å²) < 4.78 is 0. The molecule has 0 spiro atoms. The molecule has 7 heteroatoms. The largest absolute Gasteiger partial charge is 0.480 e. The highest BCUT2D eigenvalue weighted by Crippen LogP contribution is 2.68. The van der Waals surface area contributed by atoms with E-state index >= 15 is 0 Å². The molecule has 0 aromatic heterocycles. The molecular formula is C26H43NO6. The van der Waals surface area contributed by atoms with Gasteiger partial charge in [0.2, 0.25) is 5.91 Å². The zero-order valence-electron chi connectivity index (χ0n) is 20.4. The number of carbonyl (C=O) groups excluding carboxylic acids is 1. The van der Waals surface area contributed by atoms with Crippen LogP contribution >= 0.6 is 0 Å². The van der Waals surface area contributed by atoms with Crippen molar-refractivity contribution in [3.8, 4) is 0 Å². The van der Waals surface area contributed by atoms with Gasteiger partial charge in [0.05, 0.1) is 18.3 Å². The molecule has 0 unspecified atom stereocenters. The molecule has 1 amide bonds. The van der Waals surface area contributed by atoms with Crippen LogP contribution in [0.1, 0.15) is 78.6 Å². The smallest absolute Gasteiger partial charge is 0.322 e. The minimum Gasteiger partial charge on any atom is -0.480 e. The first kappa shape index (κ1) is 24.9. The van der Waals surface area contributed by atoms with Crippen molar-refractivity contribution in [3.63, 3.8) is 0 Å². The van der Waals surface area contributed by atoms with Crippen molar-refractivity contribution < 1.29 is 30.0 Å². The molecule has 0 aromatic carbocycles. The number of aliphatic hydroxyl groups is 3. The van der Waals surface area contributed by atoms with E-state index in [4.69, 9.17) is 5.11 Å². The monoisotopic (exact) mass is 465 g/mol. The maximum absolute atomic E-state index is 12.0. The van der Waals surface area contributed by atoms with Crippen LogP contribution in [0.15, 0.2) is 0 Å². The standard InChI is InChI=1S/C26H43NO6/c1-14(4-7-20(29)27-13-21(30)31)16-5-6-17-22-18(9-11-25(16,17)2)26(3)10-8-15(28)12-19(26)23(32)24(22)33/h14-19,22-24,28,32-33H,4-13H2,1-3H3,(H,27,29)(H,30,31)/t14-,15-,16-,17+,18+,19+,22+,23+,24+,25-,26-/m1/s1. The molecule has 4 aliphatic rings. The third-order valence-electron chi connectivity index (χ3n) is 10.7. The Morgan fingerprint density at radius 2 is 1.61 bits per heavy atom. The Morgan fingerprint density at radius 3 is 2.30 bits per heavy atom. The molecule has 0 aliphatic heterocycles. The number of fused-ring (bicyclic) bond motifs is 5. The minimum absolute atomic E-state index is 0.0319. The van der Waals surface area contributed by atoms with Crippen LogP contribution in [0.25, 0.3) is 0 Å². The molecule has 0 saturated heterocycles. The number of carboxylic acid groups (broad SMARTS) is 1. The third kappa shape index (κ3) is 4.23. The summed E-state index contributed by atoms with van der Waals surface area (Å²) in [5.74, 6) is 0.340. The highest BCUT2D eigenvalue weighted by molar-refractivity contribution is 5.81. The molecule has 7 nitrogen and oxygen atoms in total. The topological polar surface area (TPSA) is 127 Å². The van der Waals surface area contributed by atoms with E-state index in [1.165, 1.54) is 0 Å². The molecule has 0 radical (unpaired) electrons. The van der Waals surface area contributed by atoms with Crippen molar-refractivity contribution in [2.45, 2.75) is 96.9 Å². The first-order valence-electron chi connectivity index (χ1n) is 13.0. The Balaban J connectivity index is 1.47. The van der Waals surface area contributed by atoms with Crippen molar-refractivity contribution in [1.29, 1.82) is 0 Å². The molecule has 0 bridgehead atoms. The van der Waals surface area contributed by atoms with Gasteiger partial charge in [-0.1, -0.05) is 20.8 Å². The van der Waals surface area contributed by atoms with E-state index in [2.05, 4.69) is 26.1 Å². The fourth-order valence-corrected chi connectivity index (χ4v) is 9.04. The number of amides is 1. The highest BCUT2D eigenvalue weighted by Gasteiger charge is 2.65. The lowest BCUT2D eigenvalue weighted by Crippen LogP contribution is -2.64. The average molecular weight is 466 g/mol. The molecule has 0 aromatic rings. The van der Waals surface area contributed by atoms with Crippen molar-refractivity contribution in [2.75, 3.05) is 6.54 Å². The fourth-order valence-electron chi connectivity index (χ4n) is 9.04. The van der Waals surface area contributed by atoms with Gasteiger partial charge in [-0.25, -0.2) is 0 Å². The number of carboxylic acids is 1. The van der Waals surface area contributed by atoms with Crippen LogP contribution in [0.4, 0.5) is 0 Å². The molecule has 0 heterocycles. The zero-order valence-corrected chi connectivity index (χ0v) is 20.4. The lowest BCUT2D eigenvalue weighted by Gasteiger charge is -2.63. The number of rotatable bonds is 6. The fraction of sp³-hybridized carbons (Fsp3) is 0.923. The molecule has 4 fully saturated rings. The molecule has 4 saturated carbocycles. The number of hydrogen-bond acceptors (Lipinski definition) is 5. The van der Waals surface area contributed by atoms with Gasteiger partial charge >= 0.3 is 5.97 Å². The van der Waals surface area contributed by atoms with E-state index in [9.17, 15) is 24.9 Å². The lowest BCUT2D eigenvalue weighted by atomic mass is 9.43. The normalized spacial score (nSPS) is 47.7. The summed E-state index contributed by atoms with van der Waals surface area (Å²) in [6, 6.07) is 0. The number of aliphatic hydroxyl groups excluding tert-OH is 3. The van der Waals surface area contributed by atoms with E-state index in [-0.39, 0.29) is 41.2 Å². The van der Waals surface area contributed by atoms with Crippen LogP contribution in [0.5, 0.6) is 0 Å². The van der Waals surface area contributed by atoms with Crippen molar-refractivity contribution in [2.24, 2.45) is 46.3 Å². The summed E-state index contributed by atoms with van der Waals surface area (Å²) in [4.78, 5) is 22.7. The van der Waals surface area contributed by atoms with Gasteiger partial charge in [0.25, 0.3) is 0 Å². The van der Waals surface area contributed by atoms with Gasteiger partial charge in [-0.05, 0) is 97.7 Å². The summed E-state index contributed by atoms with van der Waals surface area (Å²) in [5, 5.41) is 44.0. The zero-order chi connectivity index (χ0) is 24.1. The van der Waals surface area contributed by atoms with E-state index in [1.807, 2.05) is 0 Å². The van der Waals surface area contributed by atoms with Gasteiger partial charge in [-0.3, -0.25) is 9.59 Å². The first-order valence-corrected chi connectivity index (χ1v) is 13.0. The van der Waals surface area contributed by atoms with E-state index < -0.39 is 18.2 Å². The molecule has 11 atom stereocenters. The Bertz CT molecular complexity index is 759. The summed E-state index contributed by atoms with van der Waals surface area (Å²) in [5.41, 5.74) is 0.0476. The van der Waals surface area contributed by atoms with Crippen LogP contribution in [-0.2, 0) is 9.59 Å². The molecule has 188 valence electrons. The van der Waals surface area contributed by atoms with Crippen LogP contribution in [0.3, 0.4) is 0 Å². The molecule has 33 heavy (non-hydrogen) atoms. The SMILES string of the molecule is C[C@H](CCC(=O)NCC(=O)O)[C@H]1CC[C@H]2[C@@H]3[C@H](O)[C@@H](O)[C@@H]4C[C@H](O)CC[C@]4(C)[C@H]3CC[C@]12C. The van der Waals surface area contributed by atoms with E-state index in [1.54, 1.807) is 0 Å². The maximum Gasteiger partial charge on any atom is 0.322 e. The number of nitrogens with one attached hydrogen (secondary N) is 1. The summed E-state index contributed by atoms with van der Waals surface area (Å²) >= 11 is 0. The van der Waals surface area contributed by atoms with Gasteiger partial charge in [0.1, 0.15) is 6.54 Å². The molecule has 4 aliphatic carbocycles. The van der Waals surface area contributed by atoms with Gasteiger partial charge in [-0.2, -0.15) is 0 Å². The minimum atomic E-state index is -1.03. The maximum atomic E-state index is 12.0. The number of aliphatic carboxylic acids is 1. The van der Waals surface area contributed by atoms with Crippen LogP contribution in [0.2, 0.25) is 0 Å². The predicted molar refractivity (Wildman–Crippen MR) is 123 cm³/mol. The Labute approximate surface area is 197 Å². The van der Waals surface area contributed by atoms with Crippen LogP contribution in [0, 0.1) is 46.3 Å². The Morgan fingerprint density at radius 1 is 0.939 bits per heavy atom. The van der Waals surface area contributed by atoms with Gasteiger partial charge in [0, 0.05) is 6.42 Å². The van der Waals surface area contributed by atoms with Gasteiger partial charge in [-0.15, -0.1) is 0 Å². The summed E-state index contributed by atoms with van der Waals surface area (Å²) in [6.07, 6.45) is 5.74. The van der Waals surface area contributed by atoms with E-state index in [0.29, 0.717) is 36.5 Å². The molecule has 5 N–H and O–H groups in total. The summed E-state index contributed by atoms with van der Waals surface area (Å²) in [7, 11) is 0. The quantitative estimate of drug-likeness (QED) is 0.410. The van der Waals surface area contributed by atoms with Crippen molar-refractivity contribution in [3.05, 3.63) is 0 Å². The molecular weight excluding hydrogens is 422 g/mol. The van der Waals surface area contributed by atoms with E-state index in [0.717, 1.165) is 44.9 Å². The van der Waals surface area contributed by atoms with Crippen molar-refractivity contribution >= 4 is 11.9 Å². The molecule has 4 rings (SSSR count). The number of hydrogen-bond donors (Lipinski definition) is 5. The van der Waals surface area contributed by atoms with Crippen LogP contribution in [-0.4, -0.2) is 57.2 Å². The van der Waals surface area contributed by atoms with Crippen LogP contribution < -0.4 is 5.32 Å². The second kappa shape index (κ2) is 9.12. The summed E-state index contributed by atoms with van der Waals surface area (Å²) in [6.45, 7) is 6.53. The first-order chi connectivity index (χ1) is 15.5. The lowest BCUT2D eigenvalue weighted by molar-refractivity contribution is -0.223. The third-order valence-corrected chi connectivity index (χ3v) is 10.7. The second-order valence-electron chi connectivity index (χ2n) is 12.2. The Hall–Kier alpha value is -1.18. The Kier molecular flexibility index (Phi) is 6.89. The van der Waals surface area contributed by atoms with Gasteiger partial charge < -0.3 is 25.7 Å². The van der Waals surface area contributed by atoms with Crippen molar-refractivity contribution in [1.82, 2.24) is 5.32 Å².